The Morgan fingerprint density at radius 2 is 2.00 bits per heavy atom. The lowest BCUT2D eigenvalue weighted by atomic mass is 10.0. The number of rotatable bonds is 3. The second kappa shape index (κ2) is 8.15. The Morgan fingerprint density at radius 1 is 1.16 bits per heavy atom. The van der Waals surface area contributed by atoms with Gasteiger partial charge in [-0.25, -0.2) is 9.37 Å². The van der Waals surface area contributed by atoms with Crippen molar-refractivity contribution < 1.29 is 9.13 Å². The molecule has 4 aromatic rings. The Hall–Kier alpha value is -3.03. The lowest BCUT2D eigenvalue weighted by molar-refractivity contribution is 0.0395. The minimum absolute atomic E-state index is 0.113. The van der Waals surface area contributed by atoms with E-state index in [1.165, 1.54) is 6.07 Å². The number of ether oxygens (including phenoxy) is 1. The number of anilines is 1. The van der Waals surface area contributed by atoms with E-state index in [1.807, 2.05) is 45.4 Å². The summed E-state index contributed by atoms with van der Waals surface area (Å²) in [6.45, 7) is 5.84. The molecule has 164 valence electrons. The maximum atomic E-state index is 14.9. The zero-order chi connectivity index (χ0) is 22.4. The molecular formula is C24H23ClFN5O. The van der Waals surface area contributed by atoms with Crippen molar-refractivity contribution in [2.24, 2.45) is 7.05 Å². The quantitative estimate of drug-likeness (QED) is 0.438. The van der Waals surface area contributed by atoms with Crippen molar-refractivity contribution in [3.63, 3.8) is 0 Å². The molecule has 0 amide bonds. The maximum Gasteiger partial charge on any atom is 0.134 e. The fourth-order valence-corrected chi connectivity index (χ4v) is 4.23. The maximum absolute atomic E-state index is 14.9. The minimum atomic E-state index is -0.406. The Balaban J connectivity index is 1.62. The van der Waals surface area contributed by atoms with Gasteiger partial charge in [0.05, 0.1) is 24.0 Å². The molecule has 0 bridgehead atoms. The van der Waals surface area contributed by atoms with Gasteiger partial charge in [0.2, 0.25) is 0 Å². The molecule has 1 saturated heterocycles. The summed E-state index contributed by atoms with van der Waals surface area (Å²) in [5.41, 5.74) is 4.74. The molecule has 8 heteroatoms. The van der Waals surface area contributed by atoms with Gasteiger partial charge in [0.25, 0.3) is 0 Å². The van der Waals surface area contributed by atoms with Crippen LogP contribution >= 0.6 is 11.6 Å². The highest BCUT2D eigenvalue weighted by Gasteiger charge is 2.25. The molecule has 0 saturated carbocycles. The highest BCUT2D eigenvalue weighted by atomic mass is 35.5. The second-order valence-corrected chi connectivity index (χ2v) is 8.60. The predicted molar refractivity (Wildman–Crippen MR) is 124 cm³/mol. The number of halogens is 2. The van der Waals surface area contributed by atoms with E-state index in [2.05, 4.69) is 10.00 Å². The molecule has 1 aliphatic rings. The fraction of sp³-hybridized carbons (Fsp3) is 0.292. The lowest BCUT2D eigenvalue weighted by Crippen LogP contribution is -2.38. The van der Waals surface area contributed by atoms with Crippen molar-refractivity contribution in [3.05, 3.63) is 70.4 Å². The van der Waals surface area contributed by atoms with Crippen molar-refractivity contribution in [1.82, 2.24) is 19.7 Å². The molecule has 1 aromatic carbocycles. The van der Waals surface area contributed by atoms with Crippen LogP contribution in [0.15, 0.2) is 42.7 Å². The molecule has 1 atom stereocenters. The molecule has 1 unspecified atom stereocenters. The number of aryl methyl sites for hydroxylation is 3. The van der Waals surface area contributed by atoms with Gasteiger partial charge in [0.15, 0.2) is 0 Å². The molecule has 0 radical (unpaired) electrons. The van der Waals surface area contributed by atoms with E-state index in [0.717, 1.165) is 33.5 Å². The van der Waals surface area contributed by atoms with E-state index in [4.69, 9.17) is 26.3 Å². The van der Waals surface area contributed by atoms with Crippen molar-refractivity contribution in [1.29, 1.82) is 0 Å². The lowest BCUT2D eigenvalue weighted by Gasteiger charge is -2.33. The van der Waals surface area contributed by atoms with Gasteiger partial charge in [-0.05, 0) is 43.7 Å². The zero-order valence-corrected chi connectivity index (χ0v) is 18.9. The second-order valence-electron chi connectivity index (χ2n) is 8.16. The first-order chi connectivity index (χ1) is 15.4. The number of hydrogen-bond donors (Lipinski definition) is 0. The first-order valence-corrected chi connectivity index (χ1v) is 10.9. The van der Waals surface area contributed by atoms with Crippen molar-refractivity contribution in [3.8, 4) is 11.3 Å². The van der Waals surface area contributed by atoms with Crippen LogP contribution in [-0.2, 0) is 11.8 Å². The monoisotopic (exact) mass is 451 g/mol. The summed E-state index contributed by atoms with van der Waals surface area (Å²) in [5, 5.41) is 5.43. The molecule has 4 heterocycles. The number of pyridine rings is 2. The van der Waals surface area contributed by atoms with E-state index in [9.17, 15) is 4.39 Å². The normalized spacial score (nSPS) is 16.7. The summed E-state index contributed by atoms with van der Waals surface area (Å²) in [5.74, 6) is 0.340. The number of fused-ring (bicyclic) bond motifs is 1. The van der Waals surface area contributed by atoms with Crippen LogP contribution in [0.5, 0.6) is 0 Å². The minimum Gasteiger partial charge on any atom is -0.370 e. The summed E-state index contributed by atoms with van der Waals surface area (Å²) >= 11 is 6.00. The Bertz CT molecular complexity index is 1320. The first-order valence-electron chi connectivity index (χ1n) is 10.5. The molecule has 0 N–H and O–H groups in total. The topological polar surface area (TPSA) is 56.1 Å². The molecule has 3 aromatic heterocycles. The van der Waals surface area contributed by atoms with Gasteiger partial charge in [0.1, 0.15) is 17.7 Å². The molecule has 6 nitrogen and oxygen atoms in total. The van der Waals surface area contributed by atoms with Crippen molar-refractivity contribution in [2.75, 3.05) is 24.6 Å². The fourth-order valence-electron chi connectivity index (χ4n) is 4.07. The van der Waals surface area contributed by atoms with E-state index in [0.29, 0.717) is 36.0 Å². The van der Waals surface area contributed by atoms with Crippen LogP contribution in [0.1, 0.15) is 22.9 Å². The van der Waals surface area contributed by atoms with Gasteiger partial charge in [0, 0.05) is 59.6 Å². The Kier molecular flexibility index (Phi) is 5.31. The van der Waals surface area contributed by atoms with Crippen LogP contribution in [0.3, 0.4) is 0 Å². The molecule has 5 rings (SSSR count). The predicted octanol–water partition coefficient (Wildman–Crippen LogP) is 5.02. The van der Waals surface area contributed by atoms with Crippen LogP contribution in [0.2, 0.25) is 5.02 Å². The molecule has 0 spiro atoms. The first kappa shape index (κ1) is 20.8. The van der Waals surface area contributed by atoms with Crippen LogP contribution in [0.25, 0.3) is 22.2 Å². The average Bonchev–Trinajstić information content (AvgIpc) is 3.21. The van der Waals surface area contributed by atoms with Crippen LogP contribution in [0, 0.1) is 19.7 Å². The van der Waals surface area contributed by atoms with Crippen LogP contribution in [-0.4, -0.2) is 39.4 Å². The molecule has 0 aliphatic carbocycles. The molecule has 32 heavy (non-hydrogen) atoms. The van der Waals surface area contributed by atoms with Crippen molar-refractivity contribution >= 4 is 28.3 Å². The van der Waals surface area contributed by atoms with Gasteiger partial charge in [-0.2, -0.15) is 5.10 Å². The highest BCUT2D eigenvalue weighted by molar-refractivity contribution is 6.30. The molecule has 1 aliphatic heterocycles. The van der Waals surface area contributed by atoms with E-state index in [1.54, 1.807) is 16.8 Å². The zero-order valence-electron chi connectivity index (χ0n) is 18.1. The molecular weight excluding hydrogens is 429 g/mol. The van der Waals surface area contributed by atoms with E-state index < -0.39 is 5.82 Å². The van der Waals surface area contributed by atoms with Crippen molar-refractivity contribution in [2.45, 2.75) is 20.0 Å². The summed E-state index contributed by atoms with van der Waals surface area (Å²) in [6.07, 6.45) is 3.67. The van der Waals surface area contributed by atoms with E-state index in [-0.39, 0.29) is 6.10 Å². The van der Waals surface area contributed by atoms with E-state index >= 15 is 0 Å². The van der Waals surface area contributed by atoms with Gasteiger partial charge < -0.3 is 9.64 Å². The smallest absolute Gasteiger partial charge is 0.134 e. The Morgan fingerprint density at radius 3 is 2.75 bits per heavy atom. The summed E-state index contributed by atoms with van der Waals surface area (Å²) in [7, 11) is 1.89. The summed E-state index contributed by atoms with van der Waals surface area (Å²) in [4.78, 5) is 11.9. The summed E-state index contributed by atoms with van der Waals surface area (Å²) < 4.78 is 22.7. The van der Waals surface area contributed by atoms with Gasteiger partial charge in [-0.1, -0.05) is 11.6 Å². The van der Waals surface area contributed by atoms with Gasteiger partial charge in [-0.15, -0.1) is 0 Å². The Labute approximate surface area is 190 Å². The van der Waals surface area contributed by atoms with Gasteiger partial charge in [-0.3, -0.25) is 9.67 Å². The van der Waals surface area contributed by atoms with Crippen LogP contribution < -0.4 is 4.90 Å². The number of nitrogens with zero attached hydrogens (tertiary/aromatic N) is 5. The third kappa shape index (κ3) is 3.82. The van der Waals surface area contributed by atoms with Crippen LogP contribution in [0.4, 0.5) is 10.2 Å². The largest absolute Gasteiger partial charge is 0.370 e. The standard InChI is InChI=1S/C24H23ClFN5O/c1-14-8-19-21(28-15(14)2)10-23(29-24(19)18-5-4-17(25)9-20(18)26)31-6-7-32-22(13-31)16-11-27-30(3)12-16/h4-5,8-12,22H,6-7,13H2,1-3H3. The molecule has 1 fully saturated rings. The SMILES string of the molecule is Cc1cc2c(-c3ccc(Cl)cc3F)nc(N3CCOC(c4cnn(C)c4)C3)cc2nc1C. The highest BCUT2D eigenvalue weighted by Crippen LogP contribution is 2.34. The average molecular weight is 452 g/mol. The third-order valence-electron chi connectivity index (χ3n) is 5.92. The number of hydrogen-bond acceptors (Lipinski definition) is 5. The van der Waals surface area contributed by atoms with Gasteiger partial charge >= 0.3 is 0 Å². The summed E-state index contributed by atoms with van der Waals surface area (Å²) in [6, 6.07) is 8.68. The third-order valence-corrected chi connectivity index (χ3v) is 6.15. The number of benzene rings is 1. The number of aromatic nitrogens is 4. The number of morpholine rings is 1.